The molecule has 0 fully saturated rings. The van der Waals surface area contributed by atoms with Gasteiger partial charge in [-0.15, -0.1) is 12.4 Å². The summed E-state index contributed by atoms with van der Waals surface area (Å²) in [4.78, 5) is 13.5. The topological polar surface area (TPSA) is 46.3 Å². The van der Waals surface area contributed by atoms with Gasteiger partial charge in [0, 0.05) is 23.6 Å². The Bertz CT molecular complexity index is 457. The SMILES string of the molecule is CC(C)C[C@H](N)C(=O)N(C)Cc1cc(Br)ccc1F.Cl. The normalized spacial score (nSPS) is 11.9. The summed E-state index contributed by atoms with van der Waals surface area (Å²) in [6.45, 7) is 4.25. The lowest BCUT2D eigenvalue weighted by atomic mass is 10.0. The molecule has 2 N–H and O–H groups in total. The maximum Gasteiger partial charge on any atom is 0.239 e. The first kappa shape index (κ1) is 19.4. The van der Waals surface area contributed by atoms with Crippen molar-refractivity contribution in [2.24, 2.45) is 11.7 Å². The third kappa shape index (κ3) is 5.77. The van der Waals surface area contributed by atoms with Crippen LogP contribution >= 0.6 is 28.3 Å². The van der Waals surface area contributed by atoms with Crippen molar-refractivity contribution in [3.8, 4) is 0 Å². The standard InChI is InChI=1S/C14H20BrFN2O.ClH/c1-9(2)6-13(17)14(19)18(3)8-10-7-11(15)4-5-12(10)16;/h4-5,7,9,13H,6,8,17H2,1-3H3;1H/t13-;/m0./s1. The van der Waals surface area contributed by atoms with Gasteiger partial charge < -0.3 is 10.6 Å². The molecule has 1 atom stereocenters. The molecule has 0 aliphatic heterocycles. The van der Waals surface area contributed by atoms with Gasteiger partial charge in [0.2, 0.25) is 5.91 Å². The lowest BCUT2D eigenvalue weighted by Gasteiger charge is -2.22. The second-order valence-electron chi connectivity index (χ2n) is 5.17. The summed E-state index contributed by atoms with van der Waals surface area (Å²) in [5, 5.41) is 0. The Morgan fingerprint density at radius 3 is 2.60 bits per heavy atom. The number of amides is 1. The van der Waals surface area contributed by atoms with Crippen LogP contribution < -0.4 is 5.73 Å². The molecule has 114 valence electrons. The van der Waals surface area contributed by atoms with Crippen LogP contribution in [0.1, 0.15) is 25.8 Å². The van der Waals surface area contributed by atoms with Gasteiger partial charge in [0.15, 0.2) is 0 Å². The Kier molecular flexibility index (Phi) is 8.32. The summed E-state index contributed by atoms with van der Waals surface area (Å²) < 4.78 is 14.4. The van der Waals surface area contributed by atoms with Crippen LogP contribution in [0.15, 0.2) is 22.7 Å². The van der Waals surface area contributed by atoms with Crippen molar-refractivity contribution in [1.29, 1.82) is 0 Å². The highest BCUT2D eigenvalue weighted by atomic mass is 79.9. The maximum atomic E-state index is 13.6. The second kappa shape index (κ2) is 8.60. The number of rotatable bonds is 5. The highest BCUT2D eigenvalue weighted by molar-refractivity contribution is 9.10. The van der Waals surface area contributed by atoms with E-state index in [1.54, 1.807) is 19.2 Å². The lowest BCUT2D eigenvalue weighted by Crippen LogP contribution is -2.42. The van der Waals surface area contributed by atoms with Crippen LogP contribution in [0.3, 0.4) is 0 Å². The van der Waals surface area contributed by atoms with Crippen molar-refractivity contribution >= 4 is 34.2 Å². The van der Waals surface area contributed by atoms with Crippen molar-refractivity contribution in [1.82, 2.24) is 4.90 Å². The molecule has 0 spiro atoms. The van der Waals surface area contributed by atoms with E-state index in [4.69, 9.17) is 5.73 Å². The van der Waals surface area contributed by atoms with Crippen LogP contribution in [0.4, 0.5) is 4.39 Å². The molecule has 0 aromatic heterocycles. The molecule has 20 heavy (non-hydrogen) atoms. The molecule has 0 bridgehead atoms. The Morgan fingerprint density at radius 2 is 2.05 bits per heavy atom. The molecule has 0 saturated heterocycles. The van der Waals surface area contributed by atoms with Crippen molar-refractivity contribution in [2.75, 3.05) is 7.05 Å². The summed E-state index contributed by atoms with van der Waals surface area (Å²) in [7, 11) is 1.64. The van der Waals surface area contributed by atoms with Crippen LogP contribution in [0.5, 0.6) is 0 Å². The number of hydrogen-bond acceptors (Lipinski definition) is 2. The van der Waals surface area contributed by atoms with Crippen molar-refractivity contribution in [3.63, 3.8) is 0 Å². The van der Waals surface area contributed by atoms with Gasteiger partial charge in [0.05, 0.1) is 6.04 Å². The van der Waals surface area contributed by atoms with E-state index in [1.165, 1.54) is 11.0 Å². The van der Waals surface area contributed by atoms with E-state index in [0.29, 0.717) is 17.9 Å². The second-order valence-corrected chi connectivity index (χ2v) is 6.08. The average molecular weight is 368 g/mol. The fraction of sp³-hybridized carbons (Fsp3) is 0.500. The molecule has 1 amide bonds. The zero-order chi connectivity index (χ0) is 14.6. The molecular formula is C14H21BrClFN2O. The molecular weight excluding hydrogens is 347 g/mol. The fourth-order valence-electron chi connectivity index (χ4n) is 1.89. The third-order valence-electron chi connectivity index (χ3n) is 2.83. The number of nitrogens with zero attached hydrogens (tertiary/aromatic N) is 1. The predicted molar refractivity (Wildman–Crippen MR) is 85.3 cm³/mol. The van der Waals surface area contributed by atoms with Gasteiger partial charge in [0.25, 0.3) is 0 Å². The molecule has 0 saturated carbocycles. The summed E-state index contributed by atoms with van der Waals surface area (Å²) in [6.07, 6.45) is 0.629. The van der Waals surface area contributed by atoms with Gasteiger partial charge in [-0.2, -0.15) is 0 Å². The monoisotopic (exact) mass is 366 g/mol. The number of likely N-dealkylation sites (N-methyl/N-ethyl adjacent to an activating group) is 1. The van der Waals surface area contributed by atoms with Crippen LogP contribution in [0.2, 0.25) is 0 Å². The first-order valence-corrected chi connectivity index (χ1v) is 7.05. The minimum Gasteiger partial charge on any atom is -0.340 e. The van der Waals surface area contributed by atoms with Gasteiger partial charge in [-0.1, -0.05) is 29.8 Å². The Hall–Kier alpha value is -0.650. The van der Waals surface area contributed by atoms with E-state index in [9.17, 15) is 9.18 Å². The number of benzene rings is 1. The predicted octanol–water partition coefficient (Wildman–Crippen LogP) is 3.34. The molecule has 6 heteroatoms. The van der Waals surface area contributed by atoms with Gasteiger partial charge in [-0.25, -0.2) is 4.39 Å². The lowest BCUT2D eigenvalue weighted by molar-refractivity contribution is -0.132. The fourth-order valence-corrected chi connectivity index (χ4v) is 2.30. The molecule has 0 aliphatic rings. The van der Waals surface area contributed by atoms with Crippen LogP contribution in [0.25, 0.3) is 0 Å². The van der Waals surface area contributed by atoms with E-state index in [0.717, 1.165) is 4.47 Å². The maximum absolute atomic E-state index is 13.6. The van der Waals surface area contributed by atoms with E-state index in [-0.39, 0.29) is 30.7 Å². The zero-order valence-corrected chi connectivity index (χ0v) is 14.3. The molecule has 0 radical (unpaired) electrons. The molecule has 1 aromatic rings. The summed E-state index contributed by atoms with van der Waals surface area (Å²) >= 11 is 3.29. The summed E-state index contributed by atoms with van der Waals surface area (Å²) in [6, 6.07) is 4.16. The van der Waals surface area contributed by atoms with E-state index >= 15 is 0 Å². The van der Waals surface area contributed by atoms with Gasteiger partial charge in [-0.3, -0.25) is 4.79 Å². The van der Waals surface area contributed by atoms with Gasteiger partial charge in [-0.05, 0) is 30.5 Å². The van der Waals surface area contributed by atoms with Crippen LogP contribution in [0, 0.1) is 11.7 Å². The van der Waals surface area contributed by atoms with Crippen molar-refractivity contribution < 1.29 is 9.18 Å². The number of nitrogens with two attached hydrogens (primary N) is 1. The smallest absolute Gasteiger partial charge is 0.239 e. The van der Waals surface area contributed by atoms with E-state index < -0.39 is 6.04 Å². The number of hydrogen-bond donors (Lipinski definition) is 1. The van der Waals surface area contributed by atoms with Crippen LogP contribution in [-0.2, 0) is 11.3 Å². The minimum atomic E-state index is -0.528. The van der Waals surface area contributed by atoms with Crippen LogP contribution in [-0.4, -0.2) is 23.9 Å². The van der Waals surface area contributed by atoms with Gasteiger partial charge >= 0.3 is 0 Å². The minimum absolute atomic E-state index is 0. The third-order valence-corrected chi connectivity index (χ3v) is 3.33. The highest BCUT2D eigenvalue weighted by Crippen LogP contribution is 2.17. The first-order chi connectivity index (χ1) is 8.81. The average Bonchev–Trinajstić information content (AvgIpc) is 2.31. The Morgan fingerprint density at radius 1 is 1.45 bits per heavy atom. The molecule has 0 heterocycles. The Balaban J connectivity index is 0.00000361. The number of carbonyl (C=O) groups excluding carboxylic acids is 1. The van der Waals surface area contributed by atoms with Crippen molar-refractivity contribution in [2.45, 2.75) is 32.9 Å². The van der Waals surface area contributed by atoms with E-state index in [2.05, 4.69) is 15.9 Å². The number of halogens is 3. The van der Waals surface area contributed by atoms with Gasteiger partial charge in [0.1, 0.15) is 5.82 Å². The summed E-state index contributed by atoms with van der Waals surface area (Å²) in [5.74, 6) is -0.122. The first-order valence-electron chi connectivity index (χ1n) is 6.25. The highest BCUT2D eigenvalue weighted by Gasteiger charge is 2.20. The molecule has 0 aliphatic carbocycles. The molecule has 1 aromatic carbocycles. The number of carbonyl (C=O) groups is 1. The Labute approximate surface area is 134 Å². The van der Waals surface area contributed by atoms with E-state index in [1.807, 2.05) is 13.8 Å². The molecule has 3 nitrogen and oxygen atoms in total. The molecule has 1 rings (SSSR count). The summed E-state index contributed by atoms with van der Waals surface area (Å²) in [5.41, 5.74) is 6.32. The zero-order valence-electron chi connectivity index (χ0n) is 11.9. The van der Waals surface area contributed by atoms with Crippen molar-refractivity contribution in [3.05, 3.63) is 34.1 Å². The molecule has 0 unspecified atom stereocenters. The largest absolute Gasteiger partial charge is 0.340 e. The quantitative estimate of drug-likeness (QED) is 0.867.